The van der Waals surface area contributed by atoms with Crippen LogP contribution < -0.4 is 5.32 Å². The third-order valence-corrected chi connectivity index (χ3v) is 3.68. The number of hydrogen-bond acceptors (Lipinski definition) is 2. The number of nitrogens with one attached hydrogen (secondary N) is 1. The van der Waals surface area contributed by atoms with Crippen LogP contribution in [-0.4, -0.2) is 37.3 Å². The number of alkyl halides is 6. The summed E-state index contributed by atoms with van der Waals surface area (Å²) in [7, 11) is 0. The minimum absolute atomic E-state index is 0. The fraction of sp³-hybridized carbons (Fsp3) is 0.538. The van der Waals surface area contributed by atoms with Crippen LogP contribution in [0, 0.1) is 0 Å². The Hall–Kier alpha value is -0.410. The summed E-state index contributed by atoms with van der Waals surface area (Å²) in [4.78, 5) is 1.01. The van der Waals surface area contributed by atoms with E-state index in [-0.39, 0.29) is 42.9 Å². The van der Waals surface area contributed by atoms with Gasteiger partial charge in [-0.3, -0.25) is 4.90 Å². The van der Waals surface area contributed by atoms with E-state index in [0.29, 0.717) is 19.2 Å². The highest BCUT2D eigenvalue weighted by atomic mass is 35.5. The SMILES string of the molecule is Cl.Cl.FC(F)(F)c1cc(Cl)ccc1[C@@H](N1CCNCC1)C(F)(F)F. The summed E-state index contributed by atoms with van der Waals surface area (Å²) in [5, 5.41) is 2.62. The first-order valence-electron chi connectivity index (χ1n) is 6.49. The molecular formula is C13H15Cl3F6N2. The second-order valence-corrected chi connectivity index (χ2v) is 5.40. The summed E-state index contributed by atoms with van der Waals surface area (Å²) in [6.45, 7) is 0.622. The standard InChI is InChI=1S/C13H13ClF6N2.2ClH/c14-8-1-2-9(10(7-8)12(15,16)17)11(13(18,19)20)22-5-3-21-4-6-22;;/h1-2,7,11,21H,3-6H2;2*1H/t11-;;/m1../s1. The van der Waals surface area contributed by atoms with Crippen molar-refractivity contribution in [2.24, 2.45) is 0 Å². The Balaban J connectivity index is 0.00000264. The van der Waals surface area contributed by atoms with Gasteiger partial charge < -0.3 is 5.32 Å². The molecular weight excluding hydrogens is 405 g/mol. The van der Waals surface area contributed by atoms with Gasteiger partial charge in [-0.05, 0) is 17.7 Å². The molecule has 11 heteroatoms. The van der Waals surface area contributed by atoms with Gasteiger partial charge in [0.15, 0.2) is 0 Å². The van der Waals surface area contributed by atoms with Gasteiger partial charge in [0.05, 0.1) is 5.56 Å². The molecule has 1 aromatic rings. The molecule has 1 aliphatic rings. The lowest BCUT2D eigenvalue weighted by atomic mass is 9.97. The van der Waals surface area contributed by atoms with Crippen LogP contribution in [0.5, 0.6) is 0 Å². The molecule has 24 heavy (non-hydrogen) atoms. The lowest BCUT2D eigenvalue weighted by molar-refractivity contribution is -0.190. The van der Waals surface area contributed by atoms with Gasteiger partial charge in [-0.15, -0.1) is 24.8 Å². The molecule has 2 rings (SSSR count). The molecule has 2 nitrogen and oxygen atoms in total. The summed E-state index contributed by atoms with van der Waals surface area (Å²) in [6, 6.07) is 0.0967. The van der Waals surface area contributed by atoms with Crippen molar-refractivity contribution in [3.63, 3.8) is 0 Å². The van der Waals surface area contributed by atoms with Crippen molar-refractivity contribution < 1.29 is 26.3 Å². The Labute approximate surface area is 152 Å². The van der Waals surface area contributed by atoms with Gasteiger partial charge in [0.1, 0.15) is 6.04 Å². The van der Waals surface area contributed by atoms with Crippen molar-refractivity contribution >= 4 is 36.4 Å². The van der Waals surface area contributed by atoms with E-state index in [0.717, 1.165) is 17.0 Å². The monoisotopic (exact) mass is 418 g/mol. The number of hydrogen-bond donors (Lipinski definition) is 1. The molecule has 0 spiro atoms. The minimum Gasteiger partial charge on any atom is -0.314 e. The average Bonchev–Trinajstić information content (AvgIpc) is 2.39. The van der Waals surface area contributed by atoms with E-state index in [1.807, 2.05) is 0 Å². The van der Waals surface area contributed by atoms with Crippen LogP contribution >= 0.6 is 36.4 Å². The Morgan fingerprint density at radius 2 is 1.54 bits per heavy atom. The van der Waals surface area contributed by atoms with Crippen LogP contribution in [0.25, 0.3) is 0 Å². The third kappa shape index (κ3) is 5.56. The molecule has 0 bridgehead atoms. The van der Waals surface area contributed by atoms with Crippen LogP contribution in [0.3, 0.4) is 0 Å². The van der Waals surface area contributed by atoms with E-state index in [1.54, 1.807) is 0 Å². The van der Waals surface area contributed by atoms with Crippen LogP contribution in [0.15, 0.2) is 18.2 Å². The predicted molar refractivity (Wildman–Crippen MR) is 84.2 cm³/mol. The third-order valence-electron chi connectivity index (χ3n) is 3.44. The van der Waals surface area contributed by atoms with Gasteiger partial charge in [-0.1, -0.05) is 17.7 Å². The van der Waals surface area contributed by atoms with Crippen LogP contribution in [0.1, 0.15) is 17.2 Å². The highest BCUT2D eigenvalue weighted by molar-refractivity contribution is 6.30. The molecule has 1 heterocycles. The van der Waals surface area contributed by atoms with Gasteiger partial charge in [0, 0.05) is 31.2 Å². The lowest BCUT2D eigenvalue weighted by Crippen LogP contribution is -2.49. The van der Waals surface area contributed by atoms with E-state index in [1.165, 1.54) is 0 Å². The number of benzene rings is 1. The van der Waals surface area contributed by atoms with Crippen LogP contribution in [-0.2, 0) is 6.18 Å². The van der Waals surface area contributed by atoms with Crippen LogP contribution in [0.2, 0.25) is 5.02 Å². The Morgan fingerprint density at radius 3 is 2.00 bits per heavy atom. The number of piperazine rings is 1. The molecule has 1 aromatic carbocycles. The quantitative estimate of drug-likeness (QED) is 0.699. The van der Waals surface area contributed by atoms with Gasteiger partial charge >= 0.3 is 12.4 Å². The summed E-state index contributed by atoms with van der Waals surface area (Å²) < 4.78 is 79.5. The Bertz CT molecular complexity index is 529. The van der Waals surface area contributed by atoms with Gasteiger partial charge in [-0.25, -0.2) is 0 Å². The average molecular weight is 420 g/mol. The smallest absolute Gasteiger partial charge is 0.314 e. The largest absolute Gasteiger partial charge is 0.416 e. The molecule has 0 unspecified atom stereocenters. The number of rotatable bonds is 2. The van der Waals surface area contributed by atoms with E-state index in [2.05, 4.69) is 5.32 Å². The van der Waals surface area contributed by atoms with Crippen molar-refractivity contribution in [3.05, 3.63) is 34.3 Å². The first kappa shape index (κ1) is 23.6. The maximum Gasteiger partial charge on any atom is 0.416 e. The Morgan fingerprint density at radius 1 is 1.00 bits per heavy atom. The van der Waals surface area contributed by atoms with Crippen LogP contribution in [0.4, 0.5) is 26.3 Å². The second-order valence-electron chi connectivity index (χ2n) is 4.96. The molecule has 140 valence electrons. The summed E-state index contributed by atoms with van der Waals surface area (Å²) >= 11 is 5.52. The molecule has 0 aromatic heterocycles. The van der Waals surface area contributed by atoms with Crippen molar-refractivity contribution in [1.82, 2.24) is 10.2 Å². The first-order valence-corrected chi connectivity index (χ1v) is 6.86. The number of halogens is 9. The number of nitrogens with zero attached hydrogens (tertiary/aromatic N) is 1. The molecule has 1 saturated heterocycles. The molecule has 0 amide bonds. The molecule has 1 atom stereocenters. The molecule has 0 radical (unpaired) electrons. The highest BCUT2D eigenvalue weighted by Gasteiger charge is 2.48. The van der Waals surface area contributed by atoms with Gasteiger partial charge in [0.25, 0.3) is 0 Å². The van der Waals surface area contributed by atoms with Crippen molar-refractivity contribution in [2.45, 2.75) is 18.4 Å². The maximum absolute atomic E-state index is 13.4. The van der Waals surface area contributed by atoms with E-state index >= 15 is 0 Å². The predicted octanol–water partition coefficient (Wildman–Crippen LogP) is 4.71. The van der Waals surface area contributed by atoms with Crippen molar-refractivity contribution in [3.8, 4) is 0 Å². The molecule has 1 aliphatic heterocycles. The van der Waals surface area contributed by atoms with Crippen molar-refractivity contribution in [2.75, 3.05) is 26.2 Å². The lowest BCUT2D eigenvalue weighted by Gasteiger charge is -2.37. The van der Waals surface area contributed by atoms with Gasteiger partial charge in [0.2, 0.25) is 0 Å². The Kier molecular flexibility index (Phi) is 8.65. The second kappa shape index (κ2) is 8.80. The zero-order valence-electron chi connectivity index (χ0n) is 12.0. The summed E-state index contributed by atoms with van der Waals surface area (Å²) in [5.74, 6) is 0. The summed E-state index contributed by atoms with van der Waals surface area (Å²) in [6.07, 6.45) is -9.72. The molecule has 1 fully saturated rings. The van der Waals surface area contributed by atoms with E-state index in [4.69, 9.17) is 11.6 Å². The zero-order valence-corrected chi connectivity index (χ0v) is 14.4. The minimum atomic E-state index is -4.90. The van der Waals surface area contributed by atoms with E-state index < -0.39 is 29.5 Å². The fourth-order valence-corrected chi connectivity index (χ4v) is 2.70. The van der Waals surface area contributed by atoms with Crippen molar-refractivity contribution in [1.29, 1.82) is 0 Å². The zero-order chi connectivity index (χ0) is 16.5. The van der Waals surface area contributed by atoms with Gasteiger partial charge in [-0.2, -0.15) is 26.3 Å². The molecule has 0 aliphatic carbocycles. The van der Waals surface area contributed by atoms with E-state index in [9.17, 15) is 26.3 Å². The normalized spacial score (nSPS) is 17.6. The molecule has 1 N–H and O–H groups in total. The summed E-state index contributed by atoms with van der Waals surface area (Å²) in [5.41, 5.74) is -2.16. The highest BCUT2D eigenvalue weighted by Crippen LogP contribution is 2.44. The topological polar surface area (TPSA) is 15.3 Å². The fourth-order valence-electron chi connectivity index (χ4n) is 2.53. The molecule has 0 saturated carbocycles. The maximum atomic E-state index is 13.4. The first-order chi connectivity index (χ1) is 10.1.